The van der Waals surface area contributed by atoms with Gasteiger partial charge in [0.1, 0.15) is 5.75 Å². The molecular formula is C11H17NO2. The fraction of sp³-hybridized carbons (Fsp3) is 0.455. The van der Waals surface area contributed by atoms with Crippen LogP contribution in [0.2, 0.25) is 0 Å². The molecule has 0 amide bonds. The molecule has 78 valence electrons. The molecule has 3 nitrogen and oxygen atoms in total. The van der Waals surface area contributed by atoms with Gasteiger partial charge >= 0.3 is 0 Å². The summed E-state index contributed by atoms with van der Waals surface area (Å²) in [6, 6.07) is 6.21. The summed E-state index contributed by atoms with van der Waals surface area (Å²) in [6.07, 6.45) is 0. The first kappa shape index (κ1) is 11.0. The summed E-state index contributed by atoms with van der Waals surface area (Å²) in [5.41, 5.74) is 5.20. The topological polar surface area (TPSA) is 30.5 Å². The highest BCUT2D eigenvalue weighted by atomic mass is 16.6. The van der Waals surface area contributed by atoms with E-state index in [-0.39, 0.29) is 6.04 Å². The maximum absolute atomic E-state index is 5.27. The fourth-order valence-electron chi connectivity index (χ4n) is 1.43. The van der Waals surface area contributed by atoms with Crippen molar-refractivity contribution in [2.24, 2.45) is 0 Å². The van der Waals surface area contributed by atoms with Gasteiger partial charge in [0.2, 0.25) is 0 Å². The van der Waals surface area contributed by atoms with E-state index in [4.69, 9.17) is 9.57 Å². The lowest BCUT2D eigenvalue weighted by Crippen LogP contribution is -2.17. The SMILES string of the molecule is CONC(C)c1cc(C)ccc1OC. The summed E-state index contributed by atoms with van der Waals surface area (Å²) in [4.78, 5) is 4.89. The van der Waals surface area contributed by atoms with Gasteiger partial charge in [-0.15, -0.1) is 0 Å². The van der Waals surface area contributed by atoms with E-state index < -0.39 is 0 Å². The summed E-state index contributed by atoms with van der Waals surface area (Å²) >= 11 is 0. The number of rotatable bonds is 4. The number of hydrogen-bond donors (Lipinski definition) is 1. The van der Waals surface area contributed by atoms with Gasteiger partial charge in [0.25, 0.3) is 0 Å². The molecular weight excluding hydrogens is 178 g/mol. The minimum Gasteiger partial charge on any atom is -0.496 e. The average molecular weight is 195 g/mol. The van der Waals surface area contributed by atoms with Gasteiger partial charge in [-0.2, -0.15) is 5.48 Å². The lowest BCUT2D eigenvalue weighted by molar-refractivity contribution is 0.0651. The van der Waals surface area contributed by atoms with Crippen LogP contribution in [0.1, 0.15) is 24.1 Å². The molecule has 1 unspecified atom stereocenters. The van der Waals surface area contributed by atoms with Crippen LogP contribution in [0.4, 0.5) is 0 Å². The summed E-state index contributed by atoms with van der Waals surface area (Å²) in [5.74, 6) is 0.882. The van der Waals surface area contributed by atoms with E-state index >= 15 is 0 Å². The second-order valence-electron chi connectivity index (χ2n) is 3.29. The first-order valence-corrected chi connectivity index (χ1v) is 4.62. The zero-order chi connectivity index (χ0) is 10.6. The predicted octanol–water partition coefficient (Wildman–Crippen LogP) is 2.22. The Kier molecular flexibility index (Phi) is 3.92. The summed E-state index contributed by atoms with van der Waals surface area (Å²) in [6.45, 7) is 4.09. The Morgan fingerprint density at radius 3 is 2.57 bits per heavy atom. The molecule has 0 aromatic heterocycles. The molecule has 0 spiro atoms. The number of aryl methyl sites for hydroxylation is 1. The predicted molar refractivity (Wildman–Crippen MR) is 56.3 cm³/mol. The van der Waals surface area contributed by atoms with E-state index in [1.165, 1.54) is 5.56 Å². The first-order valence-electron chi connectivity index (χ1n) is 4.62. The Morgan fingerprint density at radius 1 is 1.29 bits per heavy atom. The summed E-state index contributed by atoms with van der Waals surface area (Å²) < 4.78 is 5.27. The van der Waals surface area contributed by atoms with Crippen molar-refractivity contribution in [3.63, 3.8) is 0 Å². The van der Waals surface area contributed by atoms with Crippen LogP contribution in [-0.2, 0) is 4.84 Å². The highest BCUT2D eigenvalue weighted by Crippen LogP contribution is 2.25. The van der Waals surface area contributed by atoms with Gasteiger partial charge in [-0.1, -0.05) is 17.7 Å². The van der Waals surface area contributed by atoms with Crippen molar-refractivity contribution in [3.8, 4) is 5.75 Å². The van der Waals surface area contributed by atoms with Crippen molar-refractivity contribution < 1.29 is 9.57 Å². The van der Waals surface area contributed by atoms with E-state index in [0.717, 1.165) is 11.3 Å². The Labute approximate surface area is 85.0 Å². The Morgan fingerprint density at radius 2 is 2.00 bits per heavy atom. The molecule has 0 aliphatic carbocycles. The Bertz CT molecular complexity index is 299. The number of hydrogen-bond acceptors (Lipinski definition) is 3. The van der Waals surface area contributed by atoms with Crippen molar-refractivity contribution in [1.29, 1.82) is 0 Å². The third-order valence-electron chi connectivity index (χ3n) is 2.15. The molecule has 14 heavy (non-hydrogen) atoms. The third-order valence-corrected chi connectivity index (χ3v) is 2.15. The molecule has 0 bridgehead atoms. The molecule has 0 saturated carbocycles. The molecule has 0 heterocycles. The number of hydroxylamine groups is 1. The highest BCUT2D eigenvalue weighted by molar-refractivity contribution is 5.38. The smallest absolute Gasteiger partial charge is 0.123 e. The second kappa shape index (κ2) is 4.98. The minimum absolute atomic E-state index is 0.120. The van der Waals surface area contributed by atoms with Crippen LogP contribution in [0.3, 0.4) is 0 Å². The third kappa shape index (κ3) is 2.47. The fourth-order valence-corrected chi connectivity index (χ4v) is 1.43. The van der Waals surface area contributed by atoms with E-state index in [0.29, 0.717) is 0 Å². The van der Waals surface area contributed by atoms with E-state index in [1.54, 1.807) is 14.2 Å². The lowest BCUT2D eigenvalue weighted by atomic mass is 10.1. The normalized spacial score (nSPS) is 12.6. The van der Waals surface area contributed by atoms with Gasteiger partial charge in [-0.05, 0) is 19.9 Å². The van der Waals surface area contributed by atoms with Crippen molar-refractivity contribution in [3.05, 3.63) is 29.3 Å². The highest BCUT2D eigenvalue weighted by Gasteiger charge is 2.10. The zero-order valence-corrected chi connectivity index (χ0v) is 9.13. The molecule has 0 aliphatic heterocycles. The zero-order valence-electron chi connectivity index (χ0n) is 9.13. The Hall–Kier alpha value is -1.06. The van der Waals surface area contributed by atoms with Gasteiger partial charge in [0, 0.05) is 5.56 Å². The number of nitrogens with one attached hydrogen (secondary N) is 1. The Balaban J connectivity index is 2.97. The van der Waals surface area contributed by atoms with Gasteiger partial charge < -0.3 is 9.57 Å². The molecule has 1 rings (SSSR count). The van der Waals surface area contributed by atoms with Crippen LogP contribution in [0.5, 0.6) is 5.75 Å². The van der Waals surface area contributed by atoms with Crippen LogP contribution in [0.25, 0.3) is 0 Å². The summed E-state index contributed by atoms with van der Waals surface area (Å²) in [5, 5.41) is 0. The number of benzene rings is 1. The second-order valence-corrected chi connectivity index (χ2v) is 3.29. The minimum atomic E-state index is 0.120. The van der Waals surface area contributed by atoms with Crippen LogP contribution in [0.15, 0.2) is 18.2 Å². The quantitative estimate of drug-likeness (QED) is 0.747. The van der Waals surface area contributed by atoms with Crippen molar-refractivity contribution in [2.75, 3.05) is 14.2 Å². The number of ether oxygens (including phenoxy) is 1. The standard InChI is InChI=1S/C11H17NO2/c1-8-5-6-11(13-3)10(7-8)9(2)12-14-4/h5-7,9,12H,1-4H3. The van der Waals surface area contributed by atoms with Crippen LogP contribution >= 0.6 is 0 Å². The van der Waals surface area contributed by atoms with Gasteiger partial charge in [0.05, 0.1) is 20.3 Å². The van der Waals surface area contributed by atoms with E-state index in [1.807, 2.05) is 19.1 Å². The van der Waals surface area contributed by atoms with Crippen molar-refractivity contribution in [1.82, 2.24) is 5.48 Å². The van der Waals surface area contributed by atoms with Crippen LogP contribution < -0.4 is 10.2 Å². The lowest BCUT2D eigenvalue weighted by Gasteiger charge is -2.16. The van der Waals surface area contributed by atoms with Crippen LogP contribution in [0, 0.1) is 6.92 Å². The average Bonchev–Trinajstić information content (AvgIpc) is 2.18. The van der Waals surface area contributed by atoms with Gasteiger partial charge in [0.15, 0.2) is 0 Å². The molecule has 0 fully saturated rings. The maximum Gasteiger partial charge on any atom is 0.123 e. The van der Waals surface area contributed by atoms with Gasteiger partial charge in [-0.25, -0.2) is 0 Å². The van der Waals surface area contributed by atoms with Crippen molar-refractivity contribution in [2.45, 2.75) is 19.9 Å². The van der Waals surface area contributed by atoms with E-state index in [2.05, 4.69) is 18.5 Å². The molecule has 1 N–H and O–H groups in total. The van der Waals surface area contributed by atoms with E-state index in [9.17, 15) is 0 Å². The molecule has 1 aromatic rings. The first-order chi connectivity index (χ1) is 6.69. The molecule has 0 saturated heterocycles. The maximum atomic E-state index is 5.27. The van der Waals surface area contributed by atoms with Crippen molar-refractivity contribution >= 4 is 0 Å². The summed E-state index contributed by atoms with van der Waals surface area (Å²) in [7, 11) is 3.28. The molecule has 1 atom stereocenters. The molecule has 1 aromatic carbocycles. The number of methoxy groups -OCH3 is 1. The largest absolute Gasteiger partial charge is 0.496 e. The van der Waals surface area contributed by atoms with Crippen LogP contribution in [-0.4, -0.2) is 14.2 Å². The molecule has 0 radical (unpaired) electrons. The van der Waals surface area contributed by atoms with Gasteiger partial charge in [-0.3, -0.25) is 0 Å². The monoisotopic (exact) mass is 195 g/mol. The molecule has 3 heteroatoms. The molecule has 0 aliphatic rings.